The highest BCUT2D eigenvalue weighted by molar-refractivity contribution is 5.88. The van der Waals surface area contributed by atoms with Gasteiger partial charge in [0.2, 0.25) is 0 Å². The second-order valence-corrected chi connectivity index (χ2v) is 33.8. The van der Waals surface area contributed by atoms with Gasteiger partial charge < -0.3 is 143 Å². The monoisotopic (exact) mass is 1520 g/mol. The fraction of sp³-hybridized carbons (Fsp3) is 0.827. The summed E-state index contributed by atoms with van der Waals surface area (Å²) in [5, 5.41) is 172. The van der Waals surface area contributed by atoms with Crippen molar-refractivity contribution >= 4 is 24.0 Å². The number of carbonyl (C=O) groups is 3. The smallest absolute Gasteiger partial charge is 0.337 e. The van der Waals surface area contributed by atoms with Crippen molar-refractivity contribution in [1.29, 1.82) is 0 Å². The average Bonchev–Trinajstić information content (AvgIpc) is 1.53. The summed E-state index contributed by atoms with van der Waals surface area (Å²) < 4.78 is 88.1. The third-order valence-corrected chi connectivity index (χ3v) is 27.5. The van der Waals surface area contributed by atoms with Crippen molar-refractivity contribution in [2.75, 3.05) is 20.3 Å². The van der Waals surface area contributed by atoms with Crippen molar-refractivity contribution in [2.45, 2.75) is 317 Å². The number of allylic oxidation sites excluding steroid dienone is 1. The van der Waals surface area contributed by atoms with Crippen LogP contribution in [0, 0.1) is 50.2 Å². The molecule has 6 aliphatic heterocycles. The summed E-state index contributed by atoms with van der Waals surface area (Å²) in [5.74, 6) is -3.55. The summed E-state index contributed by atoms with van der Waals surface area (Å²) in [6.45, 7) is 18.7. The van der Waals surface area contributed by atoms with E-state index in [9.17, 15) is 91.0 Å². The van der Waals surface area contributed by atoms with Crippen LogP contribution in [0.1, 0.15) is 133 Å². The van der Waals surface area contributed by atoms with Crippen molar-refractivity contribution in [1.82, 2.24) is 0 Å². The highest BCUT2D eigenvalue weighted by Gasteiger charge is 2.86. The van der Waals surface area contributed by atoms with Gasteiger partial charge in [-0.05, 0) is 119 Å². The lowest BCUT2D eigenvalue weighted by Gasteiger charge is -2.75. The first-order valence-electron chi connectivity index (χ1n) is 37.4. The topological polar surface area (TPSA) is 484 Å². The Hall–Kier alpha value is -3.93. The van der Waals surface area contributed by atoms with E-state index in [0.717, 1.165) is 12.7 Å². The van der Waals surface area contributed by atoms with Crippen LogP contribution >= 0.6 is 0 Å². The fourth-order valence-electron chi connectivity index (χ4n) is 21.3. The first kappa shape index (κ1) is 82.5. The number of hydrogen-bond acceptors (Lipinski definition) is 32. The molecule has 1 aromatic carbocycles. The number of esters is 3. The van der Waals surface area contributed by atoms with E-state index < -0.39 is 259 Å². The Morgan fingerprint density at radius 2 is 1.07 bits per heavy atom. The minimum absolute atomic E-state index is 0.0983. The van der Waals surface area contributed by atoms with Gasteiger partial charge in [0.25, 0.3) is 0 Å². The van der Waals surface area contributed by atoms with Crippen LogP contribution in [0.25, 0.3) is 6.08 Å². The predicted octanol–water partition coefficient (Wildman–Crippen LogP) is -1.25. The van der Waals surface area contributed by atoms with Gasteiger partial charge in [0, 0.05) is 28.4 Å². The maximum atomic E-state index is 14.3. The molecule has 11 aliphatic rings. The number of rotatable bonds is 18. The highest BCUT2D eigenvalue weighted by Crippen LogP contribution is 2.82. The molecule has 5 aliphatic carbocycles. The summed E-state index contributed by atoms with van der Waals surface area (Å²) in [6, 6.07) is 9.13. The Labute approximate surface area is 620 Å². The van der Waals surface area contributed by atoms with Crippen LogP contribution in [-0.2, 0) is 80.7 Å². The van der Waals surface area contributed by atoms with Crippen molar-refractivity contribution in [3.05, 3.63) is 53.6 Å². The molecule has 1 spiro atoms. The predicted molar refractivity (Wildman–Crippen MR) is 363 cm³/mol. The maximum absolute atomic E-state index is 14.3. The number of aliphatic hydroxyl groups is 15. The first-order chi connectivity index (χ1) is 50.3. The summed E-state index contributed by atoms with van der Waals surface area (Å²) >= 11 is 0. The van der Waals surface area contributed by atoms with Crippen LogP contribution in [0.2, 0.25) is 0 Å². The van der Waals surface area contributed by atoms with Crippen molar-refractivity contribution < 1.29 is 157 Å². The van der Waals surface area contributed by atoms with Gasteiger partial charge in [-0.2, -0.15) is 0 Å². The molecule has 0 amide bonds. The zero-order chi connectivity index (χ0) is 78.1. The molecular formula is C75H112O32. The molecule has 5 unspecified atom stereocenters. The van der Waals surface area contributed by atoms with E-state index in [0.29, 0.717) is 44.1 Å². The van der Waals surface area contributed by atoms with Crippen molar-refractivity contribution in [2.24, 2.45) is 50.2 Å². The van der Waals surface area contributed by atoms with Crippen LogP contribution in [0.15, 0.2) is 48.1 Å². The van der Waals surface area contributed by atoms with Crippen LogP contribution in [0.5, 0.6) is 0 Å². The molecule has 604 valence electrons. The average molecular weight is 1530 g/mol. The molecular weight excluding hydrogens is 1410 g/mol. The van der Waals surface area contributed by atoms with Gasteiger partial charge in [0.15, 0.2) is 49.9 Å². The number of carbonyl (C=O) groups excluding carboxylic acids is 3. The molecule has 5 saturated carbocycles. The van der Waals surface area contributed by atoms with Crippen molar-refractivity contribution in [3.8, 4) is 0 Å². The molecule has 1 aromatic rings. The SMILES string of the molecule is C/C=C(/C)C(=O)O[C@H]1[C@H](OC(=O)/C=C/c2ccccc2)C23C(CC1(C)C)C1(CCC4[C@@]5(C)CC[C@H](O[C@@H]6O[C@H](C(=O)OC)[C@@H](O)[C@H](O[C@@H]7O[C@H](CO)[C@H](O)[C@H](O)[C@H]7O[C@@H]7O[C@@H](C)[C@H](O)[C@@H](O)[C@H]7O[C@@H]7O[C@@H](C)[C@H](O)[C@@H](O)[C@H]7O)[C@H]6O[C@@H]6O[C@H](CO)[C@H](O)[C@H](O)[C@H]6O)C(C)(C)C5CC[C@@]4(C)[C@]1(C)C[C@H]2O)O[C@@H]3O. The molecule has 2 bridgehead atoms. The van der Waals surface area contributed by atoms with E-state index in [1.54, 1.807) is 26.0 Å². The molecule has 12 rings (SSSR count). The van der Waals surface area contributed by atoms with Crippen LogP contribution in [0.4, 0.5) is 0 Å². The lowest BCUT2D eigenvalue weighted by atomic mass is 9.30. The Morgan fingerprint density at radius 3 is 1.70 bits per heavy atom. The molecule has 11 fully saturated rings. The Morgan fingerprint density at radius 1 is 0.542 bits per heavy atom. The molecule has 6 saturated heterocycles. The Balaban J connectivity index is 0.862. The molecule has 15 N–H and O–H groups in total. The molecule has 107 heavy (non-hydrogen) atoms. The van der Waals surface area contributed by atoms with Gasteiger partial charge >= 0.3 is 17.9 Å². The second-order valence-electron chi connectivity index (χ2n) is 33.8. The lowest BCUT2D eigenvalue weighted by Crippen LogP contribution is -2.77. The normalized spacial score (nSPS) is 50.9. The maximum Gasteiger partial charge on any atom is 0.337 e. The number of fused-ring (bicyclic) bond motifs is 4. The minimum atomic E-state index is -2.25. The number of hydrogen-bond donors (Lipinski definition) is 15. The summed E-state index contributed by atoms with van der Waals surface area (Å²) in [5.41, 5.74) is -5.62. The standard InChI is InChI=1S/C75H112O32/c1-13-31(2)61(91)106-59-60(100-42(79)20-19-34-17-15-14-16-18-34)75-39(27-69(59,5)6)74(107-68(75)93)26-22-38-71(9)24-23-41(70(7,8)37(71)21-25-72(38,10)73(74,11)28-40(75)78)99-67-58(105-64-52(89)48(85)45(82)35(29-76)97-64)54(53(90)55(102-67)62(92)94-12)101-66-57(50(87)46(83)36(30-77)98-66)104-65-56(49(86)44(81)33(4)96-65)103-63-51(88)47(84)43(80)32(3)95-63/h13-20,32-33,35-41,43-60,63-68,76-78,80-90,93H,21-30H2,1-12H3/b20-19+,31-13-/t32-,33-,35+,36+,37?,38?,39?,40+,41-,43-,44-,45-,46-,47+,48-,49+,50-,51+,52+,53-,54-,55-,56+,57+,58+,59-,60-,63-,64-,65-,66-,67+,68-,71-,72+,73-,74?,75?/m0/s1. The van der Waals surface area contributed by atoms with Gasteiger partial charge in [-0.15, -0.1) is 0 Å². The third-order valence-electron chi connectivity index (χ3n) is 27.5. The molecule has 6 heterocycles. The zero-order valence-electron chi connectivity index (χ0n) is 62.4. The second kappa shape index (κ2) is 30.8. The Bertz CT molecular complexity index is 3360. The van der Waals surface area contributed by atoms with Gasteiger partial charge in [0.05, 0.1) is 55.8 Å². The Kier molecular flexibility index (Phi) is 23.7. The summed E-state index contributed by atoms with van der Waals surface area (Å²) in [4.78, 5) is 42.3. The largest absolute Gasteiger partial charge is 0.467 e. The number of ether oxygens (including phenoxy) is 14. The number of aliphatic hydroxyl groups excluding tert-OH is 15. The van der Waals surface area contributed by atoms with Gasteiger partial charge in [-0.3, -0.25) is 0 Å². The quantitative estimate of drug-likeness (QED) is 0.0353. The van der Waals surface area contributed by atoms with E-state index in [-0.39, 0.29) is 24.7 Å². The van der Waals surface area contributed by atoms with E-state index in [1.165, 1.54) is 19.9 Å². The van der Waals surface area contributed by atoms with Gasteiger partial charge in [0.1, 0.15) is 110 Å². The summed E-state index contributed by atoms with van der Waals surface area (Å²) in [6.07, 6.45) is -46.2. The van der Waals surface area contributed by atoms with E-state index in [2.05, 4.69) is 20.8 Å². The first-order valence-corrected chi connectivity index (χ1v) is 37.4. The van der Waals surface area contributed by atoms with Crippen molar-refractivity contribution in [3.63, 3.8) is 0 Å². The van der Waals surface area contributed by atoms with Crippen LogP contribution < -0.4 is 0 Å². The third kappa shape index (κ3) is 13.6. The van der Waals surface area contributed by atoms with E-state index >= 15 is 0 Å². The molecule has 0 aromatic heterocycles. The zero-order valence-corrected chi connectivity index (χ0v) is 62.4. The number of benzene rings is 1. The molecule has 0 radical (unpaired) electrons. The molecule has 32 heteroatoms. The minimum Gasteiger partial charge on any atom is -0.467 e. The molecule has 38 atom stereocenters. The highest BCUT2D eigenvalue weighted by atomic mass is 16.8. The molecule has 32 nitrogen and oxygen atoms in total. The number of methoxy groups -OCH3 is 1. The van der Waals surface area contributed by atoms with Crippen LogP contribution in [-0.4, -0.2) is 305 Å². The fourth-order valence-corrected chi connectivity index (χ4v) is 21.3. The lowest BCUT2D eigenvalue weighted by molar-refractivity contribution is -0.412. The van der Waals surface area contributed by atoms with E-state index in [1.807, 2.05) is 58.0 Å². The summed E-state index contributed by atoms with van der Waals surface area (Å²) in [7, 11) is 1.01. The van der Waals surface area contributed by atoms with Gasteiger partial charge in [-0.1, -0.05) is 84.9 Å². The van der Waals surface area contributed by atoms with Gasteiger partial charge in [-0.25, -0.2) is 14.4 Å². The van der Waals surface area contributed by atoms with E-state index in [4.69, 9.17) is 66.3 Å². The van der Waals surface area contributed by atoms with Crippen LogP contribution in [0.3, 0.4) is 0 Å².